The smallest absolute Gasteiger partial charge is 0.331 e. The average Bonchev–Trinajstić information content (AvgIpc) is 3.20. The van der Waals surface area contributed by atoms with Crippen molar-refractivity contribution in [2.24, 2.45) is 0 Å². The van der Waals surface area contributed by atoms with Crippen molar-refractivity contribution in [3.05, 3.63) is 70.7 Å². The summed E-state index contributed by atoms with van der Waals surface area (Å²) < 4.78 is 15.9. The van der Waals surface area contributed by atoms with E-state index in [1.165, 1.54) is 17.4 Å². The maximum atomic E-state index is 12.0. The van der Waals surface area contributed by atoms with Gasteiger partial charge in [0.25, 0.3) is 0 Å². The van der Waals surface area contributed by atoms with E-state index in [2.05, 4.69) is 4.98 Å². The number of nitrogens with zero attached hydrogens (tertiary/aromatic N) is 1. The van der Waals surface area contributed by atoms with Crippen LogP contribution in [0.1, 0.15) is 16.8 Å². The number of hydrogen-bond acceptors (Lipinski definition) is 6. The molecule has 0 atom stereocenters. The SMILES string of the molecule is COc1ccc(-c2nc(COC(=O)/C=C/c3ccccc3C)cs2)cc1OC. The fourth-order valence-electron chi connectivity index (χ4n) is 2.60. The van der Waals surface area contributed by atoms with E-state index >= 15 is 0 Å². The van der Waals surface area contributed by atoms with Gasteiger partial charge < -0.3 is 14.2 Å². The number of rotatable bonds is 7. The van der Waals surface area contributed by atoms with Gasteiger partial charge in [0.05, 0.1) is 19.9 Å². The van der Waals surface area contributed by atoms with Gasteiger partial charge >= 0.3 is 5.97 Å². The van der Waals surface area contributed by atoms with Gasteiger partial charge in [0.15, 0.2) is 11.5 Å². The highest BCUT2D eigenvalue weighted by atomic mass is 32.1. The molecule has 0 saturated carbocycles. The van der Waals surface area contributed by atoms with Crippen LogP contribution < -0.4 is 9.47 Å². The molecule has 5 nitrogen and oxygen atoms in total. The van der Waals surface area contributed by atoms with Crippen molar-refractivity contribution >= 4 is 23.4 Å². The lowest BCUT2D eigenvalue weighted by Gasteiger charge is -2.08. The maximum Gasteiger partial charge on any atom is 0.331 e. The number of benzene rings is 2. The second-order valence-electron chi connectivity index (χ2n) is 6.01. The lowest BCUT2D eigenvalue weighted by molar-refractivity contribution is -0.139. The van der Waals surface area contributed by atoms with Crippen LogP contribution in [-0.2, 0) is 16.1 Å². The van der Waals surface area contributed by atoms with Crippen LogP contribution >= 0.6 is 11.3 Å². The Hall–Kier alpha value is -3.12. The fraction of sp³-hybridized carbons (Fsp3) is 0.182. The highest BCUT2D eigenvalue weighted by Crippen LogP contribution is 2.33. The van der Waals surface area contributed by atoms with E-state index in [4.69, 9.17) is 14.2 Å². The summed E-state index contributed by atoms with van der Waals surface area (Å²) >= 11 is 1.48. The van der Waals surface area contributed by atoms with Crippen molar-refractivity contribution < 1.29 is 19.0 Å². The zero-order valence-electron chi connectivity index (χ0n) is 16.0. The Bertz CT molecular complexity index is 994. The van der Waals surface area contributed by atoms with Crippen molar-refractivity contribution in [1.29, 1.82) is 0 Å². The van der Waals surface area contributed by atoms with Crippen LogP contribution in [0.15, 0.2) is 53.9 Å². The molecule has 0 fully saturated rings. The maximum absolute atomic E-state index is 12.0. The molecule has 0 radical (unpaired) electrons. The van der Waals surface area contributed by atoms with Crippen molar-refractivity contribution in [3.63, 3.8) is 0 Å². The number of aromatic nitrogens is 1. The van der Waals surface area contributed by atoms with Crippen molar-refractivity contribution in [2.75, 3.05) is 14.2 Å². The lowest BCUT2D eigenvalue weighted by atomic mass is 10.1. The van der Waals surface area contributed by atoms with Gasteiger partial charge in [0.1, 0.15) is 11.6 Å². The topological polar surface area (TPSA) is 57.7 Å². The Labute approximate surface area is 168 Å². The summed E-state index contributed by atoms with van der Waals surface area (Å²) in [6, 6.07) is 13.5. The van der Waals surface area contributed by atoms with Gasteiger partial charge in [-0.25, -0.2) is 9.78 Å². The largest absolute Gasteiger partial charge is 0.493 e. The van der Waals surface area contributed by atoms with Crippen LogP contribution in [0.4, 0.5) is 0 Å². The highest BCUT2D eigenvalue weighted by Gasteiger charge is 2.10. The molecule has 0 saturated heterocycles. The summed E-state index contributed by atoms with van der Waals surface area (Å²) in [6.07, 6.45) is 3.19. The third-order valence-electron chi connectivity index (χ3n) is 4.13. The molecule has 0 aliphatic carbocycles. The summed E-state index contributed by atoms with van der Waals surface area (Å²) in [5.41, 5.74) is 3.71. The first-order chi connectivity index (χ1) is 13.6. The summed E-state index contributed by atoms with van der Waals surface area (Å²) in [5.74, 6) is 0.908. The molecule has 3 rings (SSSR count). The number of esters is 1. The van der Waals surface area contributed by atoms with Gasteiger partial charge in [0, 0.05) is 17.0 Å². The molecule has 0 amide bonds. The Morgan fingerprint density at radius 2 is 1.89 bits per heavy atom. The van der Waals surface area contributed by atoms with Gasteiger partial charge in [-0.2, -0.15) is 0 Å². The van der Waals surface area contributed by atoms with E-state index in [-0.39, 0.29) is 6.61 Å². The molecule has 0 spiro atoms. The van der Waals surface area contributed by atoms with Crippen LogP contribution in [0.3, 0.4) is 0 Å². The second kappa shape index (κ2) is 9.19. The number of hydrogen-bond donors (Lipinski definition) is 0. The summed E-state index contributed by atoms with van der Waals surface area (Å²) in [4.78, 5) is 16.5. The average molecular weight is 395 g/mol. The van der Waals surface area contributed by atoms with Gasteiger partial charge in [-0.05, 0) is 42.3 Å². The molecule has 1 heterocycles. The van der Waals surface area contributed by atoms with E-state index in [9.17, 15) is 4.79 Å². The van der Waals surface area contributed by atoms with Crippen molar-refractivity contribution in [1.82, 2.24) is 4.98 Å². The number of ether oxygens (including phenoxy) is 3. The molecule has 0 aliphatic heterocycles. The van der Waals surface area contributed by atoms with Crippen LogP contribution in [0, 0.1) is 6.92 Å². The summed E-state index contributed by atoms with van der Waals surface area (Å²) in [6.45, 7) is 2.12. The van der Waals surface area contributed by atoms with Crippen LogP contribution in [0.25, 0.3) is 16.6 Å². The molecule has 0 aliphatic rings. The molecule has 3 aromatic rings. The molecule has 28 heavy (non-hydrogen) atoms. The predicted octanol–water partition coefficient (Wildman–Crippen LogP) is 4.89. The van der Waals surface area contributed by atoms with Crippen molar-refractivity contribution in [3.8, 4) is 22.1 Å². The first kappa shape index (κ1) is 19.6. The van der Waals surface area contributed by atoms with Crippen LogP contribution in [0.2, 0.25) is 0 Å². The minimum absolute atomic E-state index is 0.126. The van der Waals surface area contributed by atoms with Crippen molar-refractivity contribution in [2.45, 2.75) is 13.5 Å². The van der Waals surface area contributed by atoms with Gasteiger partial charge in [-0.15, -0.1) is 11.3 Å². The predicted molar refractivity (Wildman–Crippen MR) is 111 cm³/mol. The third kappa shape index (κ3) is 4.78. The fourth-order valence-corrected chi connectivity index (χ4v) is 3.40. The molecular weight excluding hydrogens is 374 g/mol. The summed E-state index contributed by atoms with van der Waals surface area (Å²) in [7, 11) is 3.19. The Kier molecular flexibility index (Phi) is 6.45. The minimum Gasteiger partial charge on any atom is -0.493 e. The highest BCUT2D eigenvalue weighted by molar-refractivity contribution is 7.13. The molecule has 1 aromatic heterocycles. The normalized spacial score (nSPS) is 10.8. The summed E-state index contributed by atoms with van der Waals surface area (Å²) in [5, 5.41) is 2.70. The molecule has 2 aromatic carbocycles. The number of carbonyl (C=O) groups is 1. The second-order valence-corrected chi connectivity index (χ2v) is 6.87. The number of methoxy groups -OCH3 is 2. The monoisotopic (exact) mass is 395 g/mol. The Morgan fingerprint density at radius 1 is 1.11 bits per heavy atom. The zero-order chi connectivity index (χ0) is 19.9. The molecule has 0 N–H and O–H groups in total. The first-order valence-electron chi connectivity index (χ1n) is 8.68. The third-order valence-corrected chi connectivity index (χ3v) is 5.07. The van der Waals surface area contributed by atoms with Crippen LogP contribution in [0.5, 0.6) is 11.5 Å². The van der Waals surface area contributed by atoms with Crippen LogP contribution in [-0.4, -0.2) is 25.2 Å². The van der Waals surface area contributed by atoms with E-state index < -0.39 is 5.97 Å². The standard InChI is InChI=1S/C22H21NO4S/c1-15-6-4-5-7-16(15)9-11-21(24)27-13-18-14-28-22(23-18)17-8-10-19(25-2)20(12-17)26-3/h4-12,14H,13H2,1-3H3/b11-9+. The van der Waals surface area contributed by atoms with E-state index in [0.717, 1.165) is 21.7 Å². The number of carbonyl (C=O) groups excluding carboxylic acids is 1. The quantitative estimate of drug-likeness (QED) is 0.421. The zero-order valence-corrected chi connectivity index (χ0v) is 16.8. The Morgan fingerprint density at radius 3 is 2.64 bits per heavy atom. The number of aryl methyl sites for hydroxylation is 1. The lowest BCUT2D eigenvalue weighted by Crippen LogP contribution is -2.01. The van der Waals surface area contributed by atoms with E-state index in [1.54, 1.807) is 20.3 Å². The molecule has 0 unspecified atom stereocenters. The van der Waals surface area contributed by atoms with E-state index in [0.29, 0.717) is 17.2 Å². The molecule has 0 bridgehead atoms. The molecule has 144 valence electrons. The Balaban J connectivity index is 1.62. The van der Waals surface area contributed by atoms with Gasteiger partial charge in [0.2, 0.25) is 0 Å². The molecule has 6 heteroatoms. The first-order valence-corrected chi connectivity index (χ1v) is 9.56. The van der Waals surface area contributed by atoms with E-state index in [1.807, 2.05) is 54.8 Å². The van der Waals surface area contributed by atoms with Gasteiger partial charge in [-0.3, -0.25) is 0 Å². The number of thiazole rings is 1. The minimum atomic E-state index is -0.399. The van der Waals surface area contributed by atoms with Gasteiger partial charge in [-0.1, -0.05) is 24.3 Å². The molecular formula is C22H21NO4S.